The van der Waals surface area contributed by atoms with Crippen molar-refractivity contribution in [1.82, 2.24) is 10.6 Å². The summed E-state index contributed by atoms with van der Waals surface area (Å²) in [5.74, 6) is -3.10. The molecule has 3 N–H and O–H groups in total. The van der Waals surface area contributed by atoms with Crippen LogP contribution in [0.4, 0.5) is 0 Å². The van der Waals surface area contributed by atoms with E-state index in [4.69, 9.17) is 48.1 Å². The zero-order valence-electron chi connectivity index (χ0n) is 39.8. The van der Waals surface area contributed by atoms with Crippen LogP contribution in [0.2, 0.25) is 0 Å². The van der Waals surface area contributed by atoms with E-state index in [1.165, 1.54) is 6.92 Å². The minimum atomic E-state index is -1.35. The van der Waals surface area contributed by atoms with Gasteiger partial charge in [-0.05, 0) is 92.7 Å². The van der Waals surface area contributed by atoms with E-state index in [9.17, 15) is 29.1 Å². The second kappa shape index (κ2) is 22.0. The van der Waals surface area contributed by atoms with Crippen molar-refractivity contribution in [2.24, 2.45) is 26.8 Å². The van der Waals surface area contributed by atoms with Crippen LogP contribution < -0.4 is 10.6 Å². The van der Waals surface area contributed by atoms with Gasteiger partial charge in [0.15, 0.2) is 24.6 Å². The van der Waals surface area contributed by atoms with E-state index < -0.39 is 54.6 Å². The van der Waals surface area contributed by atoms with Gasteiger partial charge in [0.05, 0.1) is 60.3 Å². The first kappa shape index (κ1) is 50.2. The number of allylic oxidation sites excluding steroid dienone is 12. The normalized spacial score (nSPS) is 26.2. The Morgan fingerprint density at radius 2 is 1.45 bits per heavy atom. The van der Waals surface area contributed by atoms with E-state index in [0.717, 1.165) is 101 Å². The minimum Gasteiger partial charge on any atom is -0.515 e. The lowest BCUT2D eigenvalue weighted by atomic mass is 9.86. The fourth-order valence-electron chi connectivity index (χ4n) is 8.81. The highest BCUT2D eigenvalue weighted by atomic mass is 16.7. The average molecular weight is 928 g/mol. The van der Waals surface area contributed by atoms with Crippen molar-refractivity contribution < 1.29 is 62.2 Å². The summed E-state index contributed by atoms with van der Waals surface area (Å²) in [7, 11) is 0. The van der Waals surface area contributed by atoms with E-state index in [2.05, 4.69) is 44.4 Å². The largest absolute Gasteiger partial charge is 0.515 e. The smallest absolute Gasteiger partial charge is 0.303 e. The number of aliphatic hydroxyl groups is 1. The quantitative estimate of drug-likeness (QED) is 0.0747. The number of carbonyl (C=O) groups excluding carboxylic acids is 5. The molecule has 0 aromatic heterocycles. The fraction of sp³-hybridized carbons (Fsp3) is 0.510. The summed E-state index contributed by atoms with van der Waals surface area (Å²) in [5.41, 5.74) is 12.3. The van der Waals surface area contributed by atoms with Crippen LogP contribution >= 0.6 is 0 Å². The van der Waals surface area contributed by atoms with Crippen molar-refractivity contribution in [2.75, 3.05) is 33.0 Å². The highest BCUT2D eigenvalue weighted by Crippen LogP contribution is 2.41. The van der Waals surface area contributed by atoms with Crippen LogP contribution in [0.25, 0.3) is 0 Å². The number of nitrogens with zero attached hydrogens (tertiary/aromatic N) is 3. The molecule has 18 heteroatoms. The number of ether oxygens (including phenoxy) is 7. The van der Waals surface area contributed by atoms with Gasteiger partial charge in [0.25, 0.3) is 0 Å². The van der Waals surface area contributed by atoms with Gasteiger partial charge in [0.2, 0.25) is 5.91 Å². The van der Waals surface area contributed by atoms with Crippen molar-refractivity contribution in [1.29, 1.82) is 0 Å². The van der Waals surface area contributed by atoms with Crippen LogP contribution in [-0.2, 0) is 57.1 Å². The van der Waals surface area contributed by atoms with Crippen LogP contribution in [0.5, 0.6) is 0 Å². The van der Waals surface area contributed by atoms with Crippen LogP contribution in [0, 0.1) is 11.8 Å². The van der Waals surface area contributed by atoms with Crippen molar-refractivity contribution >= 4 is 46.9 Å². The molecule has 2 fully saturated rings. The van der Waals surface area contributed by atoms with Crippen LogP contribution in [0.3, 0.4) is 0 Å². The van der Waals surface area contributed by atoms with Crippen molar-refractivity contribution in [2.45, 2.75) is 119 Å². The molecule has 6 heterocycles. The third-order valence-electron chi connectivity index (χ3n) is 12.3. The lowest BCUT2D eigenvalue weighted by molar-refractivity contribution is -0.309. The van der Waals surface area contributed by atoms with E-state index in [1.807, 2.05) is 32.1 Å². The van der Waals surface area contributed by atoms with Gasteiger partial charge in [0, 0.05) is 69.5 Å². The lowest BCUT2D eigenvalue weighted by Crippen LogP contribution is -2.63. The summed E-state index contributed by atoms with van der Waals surface area (Å²) in [6, 6.07) is 0. The zero-order valence-corrected chi connectivity index (χ0v) is 39.8. The van der Waals surface area contributed by atoms with Crippen LogP contribution in [0.15, 0.2) is 107 Å². The summed E-state index contributed by atoms with van der Waals surface area (Å²) < 4.78 is 38.9. The Labute approximate surface area is 390 Å². The molecule has 0 saturated carbocycles. The monoisotopic (exact) mass is 927 g/mol. The second-order valence-electron chi connectivity index (χ2n) is 17.0. The number of aliphatic hydroxyl groups excluding tert-OH is 1. The number of amides is 1. The second-order valence-corrected chi connectivity index (χ2v) is 17.0. The molecule has 360 valence electrons. The number of aliphatic imine (C=N–C) groups is 3. The Hall–Kier alpha value is -6.24. The molecular formula is C49H61N5O13. The SMILES string of the molecule is CCC1=C(C)C2=CC3=NC(=C(C)/C3=C/O)C=C3NC(=C(C)C4=NC(=CC1=N2)C(C)=C4)[C@@H](CCC(=O)NCCOCCO[C@@H]1O[C@H](COC(C)=O)[C@@H](OC(C)=O)[C@H](OC(C)=O)[C@H]1OC(C)=O)[C@@H]3C. The standard InChI is InChI=1S/C49H61N5O13/c1-11-33-25(3)39-21-42-35(22-55)27(5)38(53-42)20-40-26(4)34(45(54-40)28(6)37-18-24(2)36(51-37)19-41(33)52-39)12-13-44(60)50-14-15-61-16-17-62-49-48(66-32(10)59)47(65-31(9)58)46(64-30(8)57)43(67-49)23-63-29(7)56/h18-22,26,34,43,46-49,54-55H,11-17,23H2,1-10H3,(H,50,60)/b35-22-,36-19?,39-21?,40-20?,45-28?/t26-,34-,43+,46+,47-,48+,49+/m0/s1. The van der Waals surface area contributed by atoms with Gasteiger partial charge in [-0.2, -0.15) is 0 Å². The first-order valence-electron chi connectivity index (χ1n) is 22.5. The summed E-state index contributed by atoms with van der Waals surface area (Å²) in [6.07, 6.45) is 4.27. The van der Waals surface area contributed by atoms with Crippen molar-refractivity contribution in [3.63, 3.8) is 0 Å². The Bertz CT molecular complexity index is 2410. The molecule has 6 aliphatic heterocycles. The average Bonchev–Trinajstić information content (AvgIpc) is 3.97. The first-order chi connectivity index (χ1) is 31.9. The highest BCUT2D eigenvalue weighted by molar-refractivity contribution is 6.18. The van der Waals surface area contributed by atoms with Gasteiger partial charge >= 0.3 is 23.9 Å². The Morgan fingerprint density at radius 3 is 2.12 bits per heavy atom. The number of rotatable bonds is 16. The Kier molecular flexibility index (Phi) is 16.5. The first-order valence-corrected chi connectivity index (χ1v) is 22.5. The molecule has 6 aliphatic rings. The predicted octanol–water partition coefficient (Wildman–Crippen LogP) is 5.55. The Morgan fingerprint density at radius 1 is 0.776 bits per heavy atom. The minimum absolute atomic E-state index is 0.0143. The number of carbonyl (C=O) groups is 5. The summed E-state index contributed by atoms with van der Waals surface area (Å²) in [6.45, 7) is 16.9. The van der Waals surface area contributed by atoms with E-state index in [0.29, 0.717) is 17.7 Å². The molecule has 1 amide bonds. The maximum absolute atomic E-state index is 13.3. The van der Waals surface area contributed by atoms with Gasteiger partial charge in [0.1, 0.15) is 12.7 Å². The van der Waals surface area contributed by atoms with Gasteiger partial charge in [-0.3, -0.25) is 24.0 Å². The predicted molar refractivity (Wildman–Crippen MR) is 246 cm³/mol. The fourth-order valence-corrected chi connectivity index (χ4v) is 8.81. The Balaban J connectivity index is 1.09. The molecular weight excluding hydrogens is 867 g/mol. The van der Waals surface area contributed by atoms with Crippen molar-refractivity contribution in [3.8, 4) is 0 Å². The van der Waals surface area contributed by atoms with Crippen LogP contribution in [-0.4, -0.2) is 116 Å². The van der Waals surface area contributed by atoms with Gasteiger partial charge in [-0.25, -0.2) is 15.0 Å². The summed E-state index contributed by atoms with van der Waals surface area (Å²) in [4.78, 5) is 76.3. The molecule has 18 nitrogen and oxygen atoms in total. The molecule has 0 radical (unpaired) electrons. The van der Waals surface area contributed by atoms with E-state index >= 15 is 0 Å². The molecule has 0 aliphatic carbocycles. The number of hydrogen-bond donors (Lipinski definition) is 3. The topological polar surface area (TPSA) is 231 Å². The van der Waals surface area contributed by atoms with Crippen molar-refractivity contribution in [3.05, 3.63) is 92.5 Å². The molecule has 0 aromatic carbocycles. The third kappa shape index (κ3) is 11.8. The highest BCUT2D eigenvalue weighted by Gasteiger charge is 2.53. The molecule has 7 atom stereocenters. The lowest BCUT2D eigenvalue weighted by Gasteiger charge is -2.44. The number of esters is 4. The molecule has 6 rings (SSSR count). The van der Waals surface area contributed by atoms with E-state index in [1.54, 1.807) is 0 Å². The van der Waals surface area contributed by atoms with Gasteiger partial charge < -0.3 is 48.9 Å². The molecule has 0 aromatic rings. The maximum atomic E-state index is 13.3. The van der Waals surface area contributed by atoms with Gasteiger partial charge in [-0.15, -0.1) is 0 Å². The van der Waals surface area contributed by atoms with E-state index in [-0.39, 0.29) is 57.1 Å². The molecule has 2 saturated heterocycles. The third-order valence-corrected chi connectivity index (χ3v) is 12.3. The van der Waals surface area contributed by atoms with Crippen LogP contribution in [0.1, 0.15) is 88.5 Å². The molecule has 8 bridgehead atoms. The maximum Gasteiger partial charge on any atom is 0.303 e. The molecule has 0 spiro atoms. The zero-order chi connectivity index (χ0) is 48.7. The number of hydrogen-bond acceptors (Lipinski definition) is 17. The summed E-state index contributed by atoms with van der Waals surface area (Å²) >= 11 is 0. The number of nitrogens with one attached hydrogen (secondary N) is 2. The number of fused-ring (bicyclic) bond motifs is 5. The van der Waals surface area contributed by atoms with Gasteiger partial charge in [-0.1, -0.05) is 13.8 Å². The summed E-state index contributed by atoms with van der Waals surface area (Å²) in [5, 5.41) is 17.0. The molecule has 0 unspecified atom stereocenters. The molecule has 67 heavy (non-hydrogen) atoms.